The standard InChI is InChI=1S/C19H26ClNO2/c1-14-2-3-17(16(20)12-14)21-10-8-19(9-11-21)6-4-15(5-7-19)13-18(22)23/h2-3,12,15H,4-11,13H2,1H3,(H,22,23). The zero-order chi connectivity index (χ0) is 16.4. The maximum atomic E-state index is 10.9. The number of hydrogen-bond donors (Lipinski definition) is 1. The van der Waals surface area contributed by atoms with E-state index in [1.807, 2.05) is 6.07 Å². The molecule has 3 nitrogen and oxygen atoms in total. The maximum Gasteiger partial charge on any atom is 0.303 e. The minimum absolute atomic E-state index is 0.348. The average molecular weight is 336 g/mol. The Hall–Kier alpha value is -1.22. The lowest BCUT2D eigenvalue weighted by Crippen LogP contribution is -2.42. The topological polar surface area (TPSA) is 40.5 Å². The van der Waals surface area contributed by atoms with Gasteiger partial charge in [-0.2, -0.15) is 0 Å². The third-order valence-corrected chi connectivity index (χ3v) is 6.20. The van der Waals surface area contributed by atoms with Crippen LogP contribution in [0.5, 0.6) is 0 Å². The Balaban J connectivity index is 1.57. The van der Waals surface area contributed by atoms with Crippen LogP contribution in [-0.2, 0) is 4.79 Å². The van der Waals surface area contributed by atoms with E-state index in [1.165, 1.54) is 31.2 Å². The Morgan fingerprint density at radius 1 is 1.26 bits per heavy atom. The van der Waals surface area contributed by atoms with Crippen molar-refractivity contribution in [2.75, 3.05) is 18.0 Å². The molecule has 126 valence electrons. The van der Waals surface area contributed by atoms with Gasteiger partial charge in [-0.15, -0.1) is 0 Å². The molecule has 2 fully saturated rings. The van der Waals surface area contributed by atoms with Crippen molar-refractivity contribution in [3.05, 3.63) is 28.8 Å². The summed E-state index contributed by atoms with van der Waals surface area (Å²) in [5.74, 6) is -0.252. The van der Waals surface area contributed by atoms with Gasteiger partial charge in [-0.05, 0) is 74.5 Å². The Kier molecular flexibility index (Phi) is 4.86. The molecule has 1 aromatic rings. The number of anilines is 1. The van der Waals surface area contributed by atoms with Gasteiger partial charge >= 0.3 is 5.97 Å². The van der Waals surface area contributed by atoms with Gasteiger partial charge in [0.2, 0.25) is 0 Å². The van der Waals surface area contributed by atoms with Crippen molar-refractivity contribution < 1.29 is 9.90 Å². The van der Waals surface area contributed by atoms with Crippen molar-refractivity contribution in [1.82, 2.24) is 0 Å². The summed E-state index contributed by atoms with van der Waals surface area (Å²) in [6.45, 7) is 4.19. The predicted octanol–water partition coefficient (Wildman–Crippen LogP) is 4.90. The minimum atomic E-state index is -0.644. The lowest BCUT2D eigenvalue weighted by molar-refractivity contribution is -0.138. The van der Waals surface area contributed by atoms with E-state index < -0.39 is 5.97 Å². The van der Waals surface area contributed by atoms with Gasteiger partial charge in [-0.3, -0.25) is 4.79 Å². The number of aryl methyl sites for hydroxylation is 1. The molecule has 1 heterocycles. The minimum Gasteiger partial charge on any atom is -0.481 e. The molecule has 1 aliphatic carbocycles. The highest BCUT2D eigenvalue weighted by Gasteiger charge is 2.38. The van der Waals surface area contributed by atoms with Crippen LogP contribution in [-0.4, -0.2) is 24.2 Å². The predicted molar refractivity (Wildman–Crippen MR) is 94.3 cm³/mol. The van der Waals surface area contributed by atoms with Crippen molar-refractivity contribution in [2.45, 2.75) is 51.9 Å². The van der Waals surface area contributed by atoms with Gasteiger partial charge in [0.25, 0.3) is 0 Å². The zero-order valence-electron chi connectivity index (χ0n) is 13.9. The van der Waals surface area contributed by atoms with E-state index in [-0.39, 0.29) is 0 Å². The summed E-state index contributed by atoms with van der Waals surface area (Å²) in [6, 6.07) is 6.31. The van der Waals surface area contributed by atoms with E-state index in [0.29, 0.717) is 17.8 Å². The number of halogens is 1. The highest BCUT2D eigenvalue weighted by Crippen LogP contribution is 2.47. The van der Waals surface area contributed by atoms with Crippen LogP contribution < -0.4 is 4.90 Å². The Labute approximate surface area is 143 Å². The second-order valence-corrected chi connectivity index (χ2v) is 7.89. The van der Waals surface area contributed by atoms with E-state index in [9.17, 15) is 4.79 Å². The molecule has 23 heavy (non-hydrogen) atoms. The van der Waals surface area contributed by atoms with Gasteiger partial charge in [0.1, 0.15) is 0 Å². The monoisotopic (exact) mass is 335 g/mol. The molecule has 1 aliphatic heterocycles. The van der Waals surface area contributed by atoms with Crippen LogP contribution in [0, 0.1) is 18.3 Å². The van der Waals surface area contributed by atoms with E-state index in [2.05, 4.69) is 24.0 Å². The molecular formula is C19H26ClNO2. The second-order valence-electron chi connectivity index (χ2n) is 7.48. The molecular weight excluding hydrogens is 310 g/mol. The number of aliphatic carboxylic acids is 1. The van der Waals surface area contributed by atoms with Gasteiger partial charge in [-0.25, -0.2) is 0 Å². The average Bonchev–Trinajstić information content (AvgIpc) is 2.51. The fourth-order valence-corrected chi connectivity index (χ4v) is 4.69. The summed E-state index contributed by atoms with van der Waals surface area (Å²) in [7, 11) is 0. The Bertz CT molecular complexity index is 569. The van der Waals surface area contributed by atoms with Gasteiger partial charge in [0.15, 0.2) is 0 Å². The van der Waals surface area contributed by atoms with Gasteiger partial charge in [0.05, 0.1) is 10.7 Å². The van der Waals surface area contributed by atoms with Crippen LogP contribution in [0.25, 0.3) is 0 Å². The smallest absolute Gasteiger partial charge is 0.303 e. The molecule has 0 aromatic heterocycles. The molecule has 0 atom stereocenters. The summed E-state index contributed by atoms with van der Waals surface area (Å²) in [6.07, 6.45) is 7.31. The molecule has 1 saturated heterocycles. The van der Waals surface area contributed by atoms with Gasteiger partial charge in [0, 0.05) is 19.5 Å². The molecule has 3 rings (SSSR count). The van der Waals surface area contributed by atoms with Crippen molar-refractivity contribution in [3.63, 3.8) is 0 Å². The molecule has 4 heteroatoms. The Morgan fingerprint density at radius 2 is 1.91 bits per heavy atom. The van der Waals surface area contributed by atoms with Crippen LogP contribution in [0.2, 0.25) is 5.02 Å². The van der Waals surface area contributed by atoms with Crippen LogP contribution in [0.4, 0.5) is 5.69 Å². The van der Waals surface area contributed by atoms with E-state index in [1.54, 1.807) is 0 Å². The number of carboxylic acids is 1. The van der Waals surface area contributed by atoms with Crippen molar-refractivity contribution in [1.29, 1.82) is 0 Å². The van der Waals surface area contributed by atoms with Crippen molar-refractivity contribution >= 4 is 23.3 Å². The highest BCUT2D eigenvalue weighted by molar-refractivity contribution is 6.33. The maximum absolute atomic E-state index is 10.9. The first-order valence-corrected chi connectivity index (χ1v) is 9.08. The van der Waals surface area contributed by atoms with Crippen molar-refractivity contribution in [2.24, 2.45) is 11.3 Å². The van der Waals surface area contributed by atoms with Gasteiger partial charge in [-0.1, -0.05) is 17.7 Å². The number of piperidine rings is 1. The van der Waals surface area contributed by atoms with E-state index in [4.69, 9.17) is 16.7 Å². The van der Waals surface area contributed by atoms with Crippen LogP contribution in [0.1, 0.15) is 50.5 Å². The number of nitrogens with zero attached hydrogens (tertiary/aromatic N) is 1. The summed E-state index contributed by atoms with van der Waals surface area (Å²) in [5.41, 5.74) is 2.80. The molecule has 2 aliphatic rings. The number of rotatable bonds is 3. The summed E-state index contributed by atoms with van der Waals surface area (Å²) in [5, 5.41) is 9.81. The van der Waals surface area contributed by atoms with E-state index >= 15 is 0 Å². The lowest BCUT2D eigenvalue weighted by atomic mass is 9.65. The molecule has 1 N–H and O–H groups in total. The lowest BCUT2D eigenvalue weighted by Gasteiger charge is -2.46. The molecule has 0 unspecified atom stereocenters. The summed E-state index contributed by atoms with van der Waals surface area (Å²) >= 11 is 6.41. The highest BCUT2D eigenvalue weighted by atomic mass is 35.5. The summed E-state index contributed by atoms with van der Waals surface area (Å²) in [4.78, 5) is 13.3. The Morgan fingerprint density at radius 3 is 2.48 bits per heavy atom. The molecule has 1 aromatic carbocycles. The fraction of sp³-hybridized carbons (Fsp3) is 0.632. The molecule has 0 amide bonds. The number of hydrogen-bond acceptors (Lipinski definition) is 2. The molecule has 1 spiro atoms. The fourth-order valence-electron chi connectivity index (χ4n) is 4.33. The second kappa shape index (κ2) is 6.72. The van der Waals surface area contributed by atoms with Crippen LogP contribution in [0.15, 0.2) is 18.2 Å². The number of benzene rings is 1. The first-order valence-electron chi connectivity index (χ1n) is 8.70. The normalized spacial score (nSPS) is 21.6. The van der Waals surface area contributed by atoms with Crippen molar-refractivity contribution in [3.8, 4) is 0 Å². The molecule has 0 radical (unpaired) electrons. The number of carboxylic acid groups (broad SMARTS) is 1. The number of carbonyl (C=O) groups is 1. The zero-order valence-corrected chi connectivity index (χ0v) is 14.6. The first kappa shape index (κ1) is 16.6. The third kappa shape index (κ3) is 3.82. The third-order valence-electron chi connectivity index (χ3n) is 5.90. The first-order chi connectivity index (χ1) is 11.0. The summed E-state index contributed by atoms with van der Waals surface area (Å²) < 4.78 is 0. The van der Waals surface area contributed by atoms with E-state index in [0.717, 1.165) is 36.6 Å². The van der Waals surface area contributed by atoms with Crippen LogP contribution >= 0.6 is 11.6 Å². The van der Waals surface area contributed by atoms with Crippen LogP contribution in [0.3, 0.4) is 0 Å². The van der Waals surface area contributed by atoms with Gasteiger partial charge < -0.3 is 10.0 Å². The molecule has 1 saturated carbocycles. The largest absolute Gasteiger partial charge is 0.481 e. The SMILES string of the molecule is Cc1ccc(N2CCC3(CCC(CC(=O)O)CC3)CC2)c(Cl)c1. The molecule has 0 bridgehead atoms. The quantitative estimate of drug-likeness (QED) is 0.854.